The zero-order valence-corrected chi connectivity index (χ0v) is 19.9. The third-order valence-electron chi connectivity index (χ3n) is 5.47. The normalized spacial score (nSPS) is 11.0. The van der Waals surface area contributed by atoms with Gasteiger partial charge in [-0.05, 0) is 49.2 Å². The number of hydrogen-bond donors (Lipinski definition) is 1. The molecule has 2 aromatic heterocycles. The number of anilines is 1. The minimum absolute atomic E-state index is 0.0123. The monoisotopic (exact) mass is 491 g/mol. The van der Waals surface area contributed by atoms with Gasteiger partial charge in [-0.25, -0.2) is 9.37 Å². The molecule has 8 heteroatoms. The third kappa shape index (κ3) is 5.41. The van der Waals surface area contributed by atoms with Crippen molar-refractivity contribution < 1.29 is 13.9 Å². The Hall–Kier alpha value is -3.97. The number of ketones is 1. The molecule has 0 spiro atoms. The number of hydrogen-bond acceptors (Lipinski definition) is 5. The van der Waals surface area contributed by atoms with Gasteiger partial charge in [0.05, 0.1) is 11.3 Å². The van der Waals surface area contributed by atoms with Crippen LogP contribution in [0.5, 0.6) is 11.6 Å². The summed E-state index contributed by atoms with van der Waals surface area (Å²) < 4.78 is 20.9. The van der Waals surface area contributed by atoms with Gasteiger partial charge in [0, 0.05) is 42.7 Å². The van der Waals surface area contributed by atoms with Crippen LogP contribution in [0.4, 0.5) is 10.1 Å². The zero-order chi connectivity index (χ0) is 25.1. The van der Waals surface area contributed by atoms with Gasteiger partial charge >= 0.3 is 0 Å². The molecular weight excluding hydrogens is 469 g/mol. The fourth-order valence-corrected chi connectivity index (χ4v) is 3.67. The molecule has 0 saturated heterocycles. The first kappa shape index (κ1) is 24.2. The van der Waals surface area contributed by atoms with Crippen molar-refractivity contribution in [3.05, 3.63) is 105 Å². The Kier molecular flexibility index (Phi) is 6.98. The smallest absolute Gasteiger partial charge is 0.219 e. The molecule has 4 aromatic rings. The molecule has 6 nitrogen and oxygen atoms in total. The highest BCUT2D eigenvalue weighted by Gasteiger charge is 2.18. The van der Waals surface area contributed by atoms with E-state index in [0.29, 0.717) is 28.1 Å². The molecule has 0 saturated carbocycles. The fourth-order valence-electron chi connectivity index (χ4n) is 3.51. The topological polar surface area (TPSA) is 87.2 Å². The van der Waals surface area contributed by atoms with Crippen LogP contribution in [0.3, 0.4) is 0 Å². The molecule has 0 aliphatic heterocycles. The van der Waals surface area contributed by atoms with Gasteiger partial charge in [0.2, 0.25) is 5.88 Å². The lowest BCUT2D eigenvalue weighted by Gasteiger charge is -2.15. The molecule has 0 bridgehead atoms. The Bertz CT molecular complexity index is 1430. The van der Waals surface area contributed by atoms with Crippen molar-refractivity contribution >= 4 is 23.1 Å². The van der Waals surface area contributed by atoms with Crippen LogP contribution in [-0.2, 0) is 6.42 Å². The van der Waals surface area contributed by atoms with Crippen LogP contribution in [0.1, 0.15) is 35.8 Å². The van der Waals surface area contributed by atoms with Gasteiger partial charge in [0.25, 0.3) is 0 Å². The molecule has 0 fully saturated rings. The molecule has 35 heavy (non-hydrogen) atoms. The Labute approximate surface area is 206 Å². The van der Waals surface area contributed by atoms with E-state index < -0.39 is 11.2 Å². The maximum absolute atomic E-state index is 13.4. The van der Waals surface area contributed by atoms with E-state index in [9.17, 15) is 14.0 Å². The summed E-state index contributed by atoms with van der Waals surface area (Å²) >= 11 is 6.15. The molecule has 178 valence electrons. The SMILES string of the molecule is CC(C)n1cc(C(=O)Cc2ccc(Oc3cccc(N)c3Cl)nc2)c(=O)c(-c2ccc(F)cc2)c1. The van der Waals surface area contributed by atoms with Crippen molar-refractivity contribution in [1.82, 2.24) is 9.55 Å². The number of nitrogens with two attached hydrogens (primary N) is 1. The first-order chi connectivity index (χ1) is 16.7. The molecule has 0 amide bonds. The Balaban J connectivity index is 1.59. The average Bonchev–Trinajstić information content (AvgIpc) is 2.84. The van der Waals surface area contributed by atoms with Crippen molar-refractivity contribution in [3.63, 3.8) is 0 Å². The molecule has 4 rings (SSSR count). The number of Topliss-reactive ketones (excluding diaryl/α,β-unsaturated/α-hetero) is 1. The first-order valence-electron chi connectivity index (χ1n) is 10.9. The minimum Gasteiger partial charge on any atom is -0.437 e. The summed E-state index contributed by atoms with van der Waals surface area (Å²) in [5.74, 6) is -0.0881. The quantitative estimate of drug-likeness (QED) is 0.250. The van der Waals surface area contributed by atoms with Crippen molar-refractivity contribution in [2.45, 2.75) is 26.3 Å². The van der Waals surface area contributed by atoms with E-state index >= 15 is 0 Å². The number of ether oxygens (including phenoxy) is 1. The third-order valence-corrected chi connectivity index (χ3v) is 5.87. The second kappa shape index (κ2) is 10.1. The number of halogens is 2. The van der Waals surface area contributed by atoms with Gasteiger partial charge in [-0.2, -0.15) is 0 Å². The summed E-state index contributed by atoms with van der Waals surface area (Å²) in [7, 11) is 0. The number of pyridine rings is 2. The van der Waals surface area contributed by atoms with Gasteiger partial charge in [-0.3, -0.25) is 9.59 Å². The number of aromatic nitrogens is 2. The predicted octanol–water partition coefficient (Wildman–Crippen LogP) is 6.08. The lowest BCUT2D eigenvalue weighted by molar-refractivity contribution is 0.0991. The molecule has 2 aromatic carbocycles. The molecular formula is C27H23ClFN3O3. The van der Waals surface area contributed by atoms with Gasteiger partial charge in [0.1, 0.15) is 16.6 Å². The largest absolute Gasteiger partial charge is 0.437 e. The standard InChI is InChI=1S/C27H23ClFN3O3/c1-16(2)32-14-20(18-7-9-19(29)10-8-18)27(34)21(15-32)23(33)12-17-6-11-25(31-13-17)35-24-5-3-4-22(30)26(24)28/h3-11,13-16H,12,30H2,1-2H3. The number of benzene rings is 2. The number of carbonyl (C=O) groups is 1. The van der Waals surface area contributed by atoms with E-state index in [2.05, 4.69) is 4.98 Å². The zero-order valence-electron chi connectivity index (χ0n) is 19.2. The molecule has 0 radical (unpaired) electrons. The minimum atomic E-state index is -0.400. The van der Waals surface area contributed by atoms with Gasteiger partial charge in [-0.1, -0.05) is 35.9 Å². The summed E-state index contributed by atoms with van der Waals surface area (Å²) in [5, 5.41) is 0.288. The second-order valence-corrected chi connectivity index (χ2v) is 8.71. The van der Waals surface area contributed by atoms with Crippen molar-refractivity contribution in [2.24, 2.45) is 0 Å². The van der Waals surface area contributed by atoms with Crippen molar-refractivity contribution in [1.29, 1.82) is 0 Å². The summed E-state index contributed by atoms with van der Waals surface area (Å²) in [4.78, 5) is 30.6. The molecule has 0 atom stereocenters. The van der Waals surface area contributed by atoms with Crippen LogP contribution in [0, 0.1) is 5.82 Å². The van der Waals surface area contributed by atoms with Crippen LogP contribution in [-0.4, -0.2) is 15.3 Å². The van der Waals surface area contributed by atoms with Gasteiger partial charge < -0.3 is 15.0 Å². The van der Waals surface area contributed by atoms with Crippen molar-refractivity contribution in [3.8, 4) is 22.8 Å². The Morgan fingerprint density at radius 1 is 1.11 bits per heavy atom. The van der Waals surface area contributed by atoms with Gasteiger partial charge in [-0.15, -0.1) is 0 Å². The van der Waals surface area contributed by atoms with Crippen LogP contribution >= 0.6 is 11.6 Å². The van der Waals surface area contributed by atoms with Crippen LogP contribution in [0.25, 0.3) is 11.1 Å². The van der Waals surface area contributed by atoms with E-state index in [1.165, 1.54) is 30.5 Å². The Morgan fingerprint density at radius 2 is 1.86 bits per heavy atom. The molecule has 0 unspecified atom stereocenters. The summed E-state index contributed by atoms with van der Waals surface area (Å²) in [6, 6.07) is 14.0. The number of nitrogens with zero attached hydrogens (tertiary/aromatic N) is 2. The highest BCUT2D eigenvalue weighted by molar-refractivity contribution is 6.34. The Morgan fingerprint density at radius 3 is 2.51 bits per heavy atom. The molecule has 2 N–H and O–H groups in total. The average molecular weight is 492 g/mol. The first-order valence-corrected chi connectivity index (χ1v) is 11.3. The fraction of sp³-hybridized carbons (Fsp3) is 0.148. The lowest BCUT2D eigenvalue weighted by atomic mass is 10.00. The molecule has 0 aliphatic carbocycles. The number of nitrogen functional groups attached to an aromatic ring is 1. The maximum Gasteiger partial charge on any atom is 0.219 e. The van der Waals surface area contributed by atoms with E-state index in [1.807, 2.05) is 13.8 Å². The number of rotatable bonds is 7. The van der Waals surface area contributed by atoms with Crippen molar-refractivity contribution in [2.75, 3.05) is 5.73 Å². The highest BCUT2D eigenvalue weighted by atomic mass is 35.5. The van der Waals surface area contributed by atoms with Crippen LogP contribution in [0.15, 0.2) is 78.0 Å². The maximum atomic E-state index is 13.4. The summed E-state index contributed by atoms with van der Waals surface area (Å²) in [6.45, 7) is 3.89. The molecule has 2 heterocycles. The lowest BCUT2D eigenvalue weighted by Crippen LogP contribution is -2.22. The van der Waals surface area contributed by atoms with E-state index in [4.69, 9.17) is 22.1 Å². The van der Waals surface area contributed by atoms with E-state index in [1.54, 1.807) is 47.3 Å². The highest BCUT2D eigenvalue weighted by Crippen LogP contribution is 2.32. The van der Waals surface area contributed by atoms with Crippen LogP contribution in [0.2, 0.25) is 5.02 Å². The summed E-state index contributed by atoms with van der Waals surface area (Å²) in [6.07, 6.45) is 4.74. The predicted molar refractivity (Wildman–Crippen MR) is 135 cm³/mol. The summed E-state index contributed by atoms with van der Waals surface area (Å²) in [5.41, 5.74) is 7.34. The van der Waals surface area contributed by atoms with E-state index in [-0.39, 0.29) is 34.7 Å². The van der Waals surface area contributed by atoms with E-state index in [0.717, 1.165) is 0 Å². The number of carbonyl (C=O) groups excluding carboxylic acids is 1. The molecule has 0 aliphatic rings. The second-order valence-electron chi connectivity index (χ2n) is 8.33. The van der Waals surface area contributed by atoms with Gasteiger partial charge in [0.15, 0.2) is 11.2 Å². The van der Waals surface area contributed by atoms with Crippen LogP contribution < -0.4 is 15.9 Å².